The largest absolute Gasteiger partial charge is 0.497 e. The number of nitrogens with zero attached hydrogens (tertiary/aromatic N) is 3. The highest BCUT2D eigenvalue weighted by Gasteiger charge is 2.41. The average Bonchev–Trinajstić information content (AvgIpc) is 3.35. The van der Waals surface area contributed by atoms with E-state index in [1.165, 1.54) is 22.5 Å². The molecule has 34 heavy (non-hydrogen) atoms. The van der Waals surface area contributed by atoms with Crippen molar-refractivity contribution in [3.05, 3.63) is 113 Å². The van der Waals surface area contributed by atoms with Gasteiger partial charge >= 0.3 is 0 Å². The third-order valence-electron chi connectivity index (χ3n) is 6.51. The third-order valence-corrected chi connectivity index (χ3v) is 6.87. The quantitative estimate of drug-likeness (QED) is 0.369. The second-order valence-corrected chi connectivity index (χ2v) is 8.99. The summed E-state index contributed by atoms with van der Waals surface area (Å²) < 4.78 is 7.65. The van der Waals surface area contributed by atoms with Crippen LogP contribution in [-0.4, -0.2) is 26.7 Å². The summed E-state index contributed by atoms with van der Waals surface area (Å²) in [6, 6.07) is 27.0. The van der Waals surface area contributed by atoms with E-state index in [0.717, 1.165) is 22.2 Å². The number of methoxy groups -OCH3 is 1. The van der Waals surface area contributed by atoms with Crippen molar-refractivity contribution in [3.63, 3.8) is 0 Å². The number of thiocarbonyl (C=S) groups is 1. The molecule has 5 rings (SSSR count). The number of nitrogens with one attached hydrogen (secondary N) is 1. The molecule has 5 nitrogen and oxygen atoms in total. The van der Waals surface area contributed by atoms with Gasteiger partial charge < -0.3 is 19.5 Å². The predicted molar refractivity (Wildman–Crippen MR) is 139 cm³/mol. The first kappa shape index (κ1) is 22.2. The van der Waals surface area contributed by atoms with Crippen molar-refractivity contribution in [3.8, 4) is 11.4 Å². The zero-order chi connectivity index (χ0) is 23.7. The van der Waals surface area contributed by atoms with Gasteiger partial charge in [0.25, 0.3) is 0 Å². The van der Waals surface area contributed by atoms with Crippen molar-refractivity contribution in [2.45, 2.75) is 32.5 Å². The molecule has 0 unspecified atom stereocenters. The minimum absolute atomic E-state index is 0.00756. The fraction of sp³-hybridized carbons (Fsp3) is 0.214. The monoisotopic (exact) mass is 468 g/mol. The van der Waals surface area contributed by atoms with Gasteiger partial charge in [0.15, 0.2) is 5.11 Å². The Hall–Kier alpha value is -3.64. The highest BCUT2D eigenvalue weighted by atomic mass is 32.1. The van der Waals surface area contributed by atoms with Crippen LogP contribution < -0.4 is 10.1 Å². The van der Waals surface area contributed by atoms with E-state index in [1.54, 1.807) is 7.11 Å². The third kappa shape index (κ3) is 4.05. The van der Waals surface area contributed by atoms with Gasteiger partial charge in [-0.2, -0.15) is 0 Å². The maximum Gasteiger partial charge on any atom is 0.170 e. The molecular formula is C28H28N4OS. The molecule has 2 aromatic carbocycles. The summed E-state index contributed by atoms with van der Waals surface area (Å²) in [4.78, 5) is 6.97. The lowest BCUT2D eigenvalue weighted by Crippen LogP contribution is -2.29. The Morgan fingerprint density at radius 1 is 0.971 bits per heavy atom. The minimum atomic E-state index is -0.0447. The highest BCUT2D eigenvalue weighted by Crippen LogP contribution is 2.42. The number of aromatic nitrogens is 2. The normalized spacial score (nSPS) is 17.6. The molecular weight excluding hydrogens is 440 g/mol. The van der Waals surface area contributed by atoms with Crippen molar-refractivity contribution in [1.29, 1.82) is 0 Å². The lowest BCUT2D eigenvalue weighted by molar-refractivity contribution is 0.310. The van der Waals surface area contributed by atoms with Crippen LogP contribution in [0.2, 0.25) is 0 Å². The van der Waals surface area contributed by atoms with Gasteiger partial charge in [-0.05, 0) is 79.7 Å². The molecule has 4 aromatic rings. The number of benzene rings is 2. The van der Waals surface area contributed by atoms with E-state index in [2.05, 4.69) is 82.1 Å². The Bertz CT molecular complexity index is 1290. The van der Waals surface area contributed by atoms with Gasteiger partial charge in [-0.1, -0.05) is 36.4 Å². The van der Waals surface area contributed by atoms with Crippen LogP contribution in [0, 0.1) is 13.8 Å². The van der Waals surface area contributed by atoms with Crippen molar-refractivity contribution in [1.82, 2.24) is 19.8 Å². The molecule has 1 N–H and O–H groups in total. The second-order valence-electron chi connectivity index (χ2n) is 8.60. The maximum absolute atomic E-state index is 5.87. The minimum Gasteiger partial charge on any atom is -0.497 e. The Morgan fingerprint density at radius 3 is 2.38 bits per heavy atom. The van der Waals surface area contributed by atoms with Crippen LogP contribution in [0.5, 0.6) is 5.75 Å². The first-order valence-electron chi connectivity index (χ1n) is 11.4. The molecule has 6 heteroatoms. The molecule has 1 fully saturated rings. The van der Waals surface area contributed by atoms with Crippen molar-refractivity contribution in [2.24, 2.45) is 0 Å². The van der Waals surface area contributed by atoms with Crippen LogP contribution in [0.1, 0.15) is 40.3 Å². The van der Waals surface area contributed by atoms with Crippen LogP contribution in [0.4, 0.5) is 0 Å². The molecule has 2 aromatic heterocycles. The summed E-state index contributed by atoms with van der Waals surface area (Å²) in [6.07, 6.45) is 1.84. The summed E-state index contributed by atoms with van der Waals surface area (Å²) in [5.41, 5.74) is 6.97. The van der Waals surface area contributed by atoms with Gasteiger partial charge in [0.05, 0.1) is 24.9 Å². The first-order valence-corrected chi connectivity index (χ1v) is 11.8. The molecule has 3 heterocycles. The fourth-order valence-electron chi connectivity index (χ4n) is 4.90. The predicted octanol–water partition coefficient (Wildman–Crippen LogP) is 5.67. The second kappa shape index (κ2) is 9.31. The van der Waals surface area contributed by atoms with E-state index in [4.69, 9.17) is 17.0 Å². The van der Waals surface area contributed by atoms with Gasteiger partial charge in [-0.25, -0.2) is 0 Å². The molecule has 0 radical (unpaired) electrons. The SMILES string of the molecule is COc1ccc(CN2C(=S)N[C@H](c3ccccn3)[C@@H]2c2cc(C)n(-c3ccccc3)c2C)cc1. The molecule has 1 aliphatic rings. The zero-order valence-corrected chi connectivity index (χ0v) is 20.4. The fourth-order valence-corrected chi connectivity index (χ4v) is 5.21. The Morgan fingerprint density at radius 2 is 1.71 bits per heavy atom. The van der Waals surface area contributed by atoms with Crippen molar-refractivity contribution < 1.29 is 4.74 Å². The number of ether oxygens (including phenoxy) is 1. The number of aryl methyl sites for hydroxylation is 1. The van der Waals surface area contributed by atoms with Gasteiger partial charge in [0, 0.05) is 29.8 Å². The molecule has 172 valence electrons. The van der Waals surface area contributed by atoms with Crippen LogP contribution in [0.25, 0.3) is 5.69 Å². The van der Waals surface area contributed by atoms with E-state index in [1.807, 2.05) is 36.5 Å². The van der Waals surface area contributed by atoms with E-state index in [0.29, 0.717) is 6.54 Å². The van der Waals surface area contributed by atoms with E-state index in [-0.39, 0.29) is 12.1 Å². The van der Waals surface area contributed by atoms with Gasteiger partial charge in [0.2, 0.25) is 0 Å². The van der Waals surface area contributed by atoms with Gasteiger partial charge in [-0.15, -0.1) is 0 Å². The summed E-state index contributed by atoms with van der Waals surface area (Å²) in [7, 11) is 1.69. The Kier molecular flexibility index (Phi) is 6.07. The average molecular weight is 469 g/mol. The van der Waals surface area contributed by atoms with Gasteiger partial charge in [-0.3, -0.25) is 4.98 Å². The smallest absolute Gasteiger partial charge is 0.170 e. The van der Waals surface area contributed by atoms with Crippen LogP contribution in [0.15, 0.2) is 85.1 Å². The zero-order valence-electron chi connectivity index (χ0n) is 19.6. The highest BCUT2D eigenvalue weighted by molar-refractivity contribution is 7.80. The summed E-state index contributed by atoms with van der Waals surface area (Å²) >= 11 is 5.87. The molecule has 1 aliphatic heterocycles. The van der Waals surface area contributed by atoms with Crippen molar-refractivity contribution in [2.75, 3.05) is 7.11 Å². The molecule has 0 amide bonds. The molecule has 2 atom stereocenters. The molecule has 1 saturated heterocycles. The number of hydrogen-bond acceptors (Lipinski definition) is 3. The summed E-state index contributed by atoms with van der Waals surface area (Å²) in [5.74, 6) is 0.847. The Labute approximate surface area is 206 Å². The topological polar surface area (TPSA) is 42.3 Å². The lowest BCUT2D eigenvalue weighted by Gasteiger charge is -2.28. The number of para-hydroxylation sites is 1. The molecule has 0 saturated carbocycles. The Balaban J connectivity index is 1.59. The summed E-state index contributed by atoms with van der Waals surface area (Å²) in [6.45, 7) is 5.05. The van der Waals surface area contributed by atoms with E-state index < -0.39 is 0 Å². The van der Waals surface area contributed by atoms with Crippen LogP contribution in [-0.2, 0) is 6.54 Å². The number of pyridine rings is 1. The number of hydrogen-bond donors (Lipinski definition) is 1. The first-order chi connectivity index (χ1) is 16.6. The van der Waals surface area contributed by atoms with Crippen LogP contribution >= 0.6 is 12.2 Å². The number of rotatable bonds is 6. The van der Waals surface area contributed by atoms with E-state index in [9.17, 15) is 0 Å². The standard InChI is InChI=1S/C28H28N4OS/c1-19-17-24(20(2)32(19)22-9-5-4-6-10-22)27-26(25-11-7-8-16-29-25)30-28(34)31(27)18-21-12-14-23(33-3)15-13-21/h4-17,26-27H,18H2,1-3H3,(H,30,34)/t26-,27+/m1/s1. The van der Waals surface area contributed by atoms with Gasteiger partial charge in [0.1, 0.15) is 5.75 Å². The maximum atomic E-state index is 5.87. The molecule has 0 bridgehead atoms. The van der Waals surface area contributed by atoms with E-state index >= 15 is 0 Å². The summed E-state index contributed by atoms with van der Waals surface area (Å²) in [5, 5.41) is 4.31. The molecule has 0 aliphatic carbocycles. The lowest BCUT2D eigenvalue weighted by atomic mass is 9.96. The van der Waals surface area contributed by atoms with Crippen molar-refractivity contribution >= 4 is 17.3 Å². The van der Waals surface area contributed by atoms with Crippen LogP contribution in [0.3, 0.4) is 0 Å². The molecule has 0 spiro atoms.